The molecular weight excluding hydrogens is 318 g/mol. The summed E-state index contributed by atoms with van der Waals surface area (Å²) in [5.41, 5.74) is 3.29. The number of aromatic nitrogens is 2. The molecule has 3 nitrogen and oxygen atoms in total. The number of benzene rings is 1. The van der Waals surface area contributed by atoms with Crippen LogP contribution in [0.3, 0.4) is 0 Å². The molecule has 0 saturated heterocycles. The number of hydrogen-bond acceptors (Lipinski definition) is 2. The van der Waals surface area contributed by atoms with E-state index in [1.807, 2.05) is 24.3 Å². The first-order valence-corrected chi connectivity index (χ1v) is 9.22. The molecule has 0 atom stereocenters. The van der Waals surface area contributed by atoms with Crippen LogP contribution >= 0.6 is 0 Å². The van der Waals surface area contributed by atoms with Crippen molar-refractivity contribution in [3.05, 3.63) is 66.0 Å². The van der Waals surface area contributed by atoms with Crippen LogP contribution in [0.1, 0.15) is 52.3 Å². The first-order chi connectivity index (χ1) is 12.2. The van der Waals surface area contributed by atoms with Gasteiger partial charge in [-0.05, 0) is 49.5 Å². The maximum Gasteiger partial charge on any atom is 0.139 e. The van der Waals surface area contributed by atoms with Gasteiger partial charge in [0.2, 0.25) is 0 Å². The molecule has 0 radical (unpaired) electrons. The zero-order valence-electron chi connectivity index (χ0n) is 16.5. The van der Waals surface area contributed by atoms with Gasteiger partial charge in [-0.25, -0.2) is 4.98 Å². The van der Waals surface area contributed by atoms with Crippen molar-refractivity contribution in [1.82, 2.24) is 9.38 Å². The van der Waals surface area contributed by atoms with Crippen molar-refractivity contribution in [2.45, 2.75) is 46.6 Å². The van der Waals surface area contributed by atoms with E-state index in [1.165, 1.54) is 5.56 Å². The average molecular weight is 348 g/mol. The number of rotatable bonds is 5. The maximum atomic E-state index is 4.82. The molecule has 0 aliphatic heterocycles. The van der Waals surface area contributed by atoms with E-state index >= 15 is 0 Å². The van der Waals surface area contributed by atoms with Crippen LogP contribution < -0.4 is 5.32 Å². The van der Waals surface area contributed by atoms with E-state index in [0.29, 0.717) is 0 Å². The molecule has 2 heterocycles. The van der Waals surface area contributed by atoms with Gasteiger partial charge in [-0.15, -0.1) is 0 Å². The van der Waals surface area contributed by atoms with Crippen LogP contribution in [0.2, 0.25) is 0 Å². The number of imidazole rings is 1. The lowest BCUT2D eigenvalue weighted by molar-refractivity contribution is 0.302. The van der Waals surface area contributed by atoms with E-state index < -0.39 is 0 Å². The van der Waals surface area contributed by atoms with Crippen molar-refractivity contribution < 1.29 is 0 Å². The highest BCUT2D eigenvalue weighted by Crippen LogP contribution is 2.31. The van der Waals surface area contributed by atoms with E-state index in [2.05, 4.69) is 87.0 Å². The van der Waals surface area contributed by atoms with Gasteiger partial charge in [0.15, 0.2) is 0 Å². The highest BCUT2D eigenvalue weighted by atomic mass is 15.2. The summed E-state index contributed by atoms with van der Waals surface area (Å²) in [6.45, 7) is 11.3. The highest BCUT2D eigenvalue weighted by Gasteiger charge is 2.27. The van der Waals surface area contributed by atoms with Gasteiger partial charge in [-0.3, -0.25) is 4.40 Å². The summed E-state index contributed by atoms with van der Waals surface area (Å²) in [5, 5.41) is 3.75. The van der Waals surface area contributed by atoms with E-state index in [4.69, 9.17) is 4.98 Å². The molecule has 1 aromatic carbocycles. The van der Waals surface area contributed by atoms with Crippen molar-refractivity contribution in [1.29, 1.82) is 0 Å². The zero-order chi connectivity index (χ0) is 18.8. The third-order valence-electron chi connectivity index (χ3n) is 4.22. The Bertz CT molecular complexity index is 896. The number of pyridine rings is 1. The topological polar surface area (TPSA) is 29.3 Å². The lowest BCUT2D eigenvalue weighted by Gasteiger charge is -2.34. The largest absolute Gasteiger partial charge is 0.364 e. The number of fused-ring (bicyclic) bond motifs is 1. The molecule has 1 N–H and O–H groups in total. The van der Waals surface area contributed by atoms with Crippen LogP contribution in [-0.2, 0) is 0 Å². The molecular formula is C23H29N3. The third kappa shape index (κ3) is 4.54. The normalized spacial score (nSPS) is 12.8. The second-order valence-corrected chi connectivity index (χ2v) is 8.76. The van der Waals surface area contributed by atoms with E-state index in [1.54, 1.807) is 0 Å². The number of hydrogen-bond donors (Lipinski definition) is 1. The SMILES string of the molecule is CC(C)(C)CC(C)(C)Nc1c(C=Cc2ccccc2)nc2ccccn12. The van der Waals surface area contributed by atoms with Gasteiger partial charge in [-0.1, -0.05) is 63.2 Å². The summed E-state index contributed by atoms with van der Waals surface area (Å²) in [7, 11) is 0. The molecule has 0 amide bonds. The van der Waals surface area contributed by atoms with Crippen molar-refractivity contribution in [2.75, 3.05) is 5.32 Å². The van der Waals surface area contributed by atoms with Gasteiger partial charge in [0.1, 0.15) is 17.2 Å². The molecule has 3 aromatic rings. The highest BCUT2D eigenvalue weighted by molar-refractivity contribution is 5.76. The van der Waals surface area contributed by atoms with E-state index in [9.17, 15) is 0 Å². The molecule has 136 valence electrons. The quantitative estimate of drug-likeness (QED) is 0.601. The fourth-order valence-corrected chi connectivity index (χ4v) is 3.68. The van der Waals surface area contributed by atoms with Crippen molar-refractivity contribution >= 4 is 23.6 Å². The molecule has 0 fully saturated rings. The molecule has 26 heavy (non-hydrogen) atoms. The number of nitrogens with zero attached hydrogens (tertiary/aromatic N) is 2. The number of nitrogens with one attached hydrogen (secondary N) is 1. The lowest BCUT2D eigenvalue weighted by atomic mass is 9.82. The average Bonchev–Trinajstić information content (AvgIpc) is 2.89. The van der Waals surface area contributed by atoms with Gasteiger partial charge in [0.25, 0.3) is 0 Å². The summed E-state index contributed by atoms with van der Waals surface area (Å²) in [6.07, 6.45) is 7.33. The molecule has 2 aromatic heterocycles. The van der Waals surface area contributed by atoms with Crippen molar-refractivity contribution in [2.24, 2.45) is 5.41 Å². The molecule has 3 heteroatoms. The van der Waals surface area contributed by atoms with Crippen LogP contribution in [0.15, 0.2) is 54.7 Å². The molecule has 0 aliphatic rings. The molecule has 0 unspecified atom stereocenters. The Morgan fingerprint density at radius 2 is 1.62 bits per heavy atom. The van der Waals surface area contributed by atoms with Crippen molar-refractivity contribution in [3.63, 3.8) is 0 Å². The fraction of sp³-hybridized carbons (Fsp3) is 0.348. The second-order valence-electron chi connectivity index (χ2n) is 8.76. The van der Waals surface area contributed by atoms with Crippen LogP contribution in [0.25, 0.3) is 17.8 Å². The second kappa shape index (κ2) is 6.99. The van der Waals surface area contributed by atoms with Crippen LogP contribution in [0.4, 0.5) is 5.82 Å². The molecule has 3 rings (SSSR count). The first-order valence-electron chi connectivity index (χ1n) is 9.22. The van der Waals surface area contributed by atoms with Gasteiger partial charge in [0, 0.05) is 11.7 Å². The summed E-state index contributed by atoms with van der Waals surface area (Å²) < 4.78 is 2.13. The Labute approximate surface area is 156 Å². The van der Waals surface area contributed by atoms with Gasteiger partial charge >= 0.3 is 0 Å². The van der Waals surface area contributed by atoms with Crippen LogP contribution in [-0.4, -0.2) is 14.9 Å². The Morgan fingerprint density at radius 3 is 2.31 bits per heavy atom. The number of anilines is 1. The summed E-state index contributed by atoms with van der Waals surface area (Å²) in [6, 6.07) is 16.4. The fourth-order valence-electron chi connectivity index (χ4n) is 3.68. The van der Waals surface area contributed by atoms with Crippen molar-refractivity contribution in [3.8, 4) is 0 Å². The van der Waals surface area contributed by atoms with Crippen LogP contribution in [0, 0.1) is 5.41 Å². The van der Waals surface area contributed by atoms with Gasteiger partial charge < -0.3 is 5.32 Å². The Hall–Kier alpha value is -2.55. The van der Waals surface area contributed by atoms with Gasteiger partial charge in [0.05, 0.1) is 0 Å². The third-order valence-corrected chi connectivity index (χ3v) is 4.22. The summed E-state index contributed by atoms with van der Waals surface area (Å²) >= 11 is 0. The Morgan fingerprint density at radius 1 is 0.923 bits per heavy atom. The van der Waals surface area contributed by atoms with Gasteiger partial charge in [-0.2, -0.15) is 0 Å². The molecule has 0 bridgehead atoms. The zero-order valence-corrected chi connectivity index (χ0v) is 16.5. The summed E-state index contributed by atoms with van der Waals surface area (Å²) in [4.78, 5) is 4.82. The van der Waals surface area contributed by atoms with E-state index in [0.717, 1.165) is 23.6 Å². The Balaban J connectivity index is 1.98. The smallest absolute Gasteiger partial charge is 0.139 e. The minimum atomic E-state index is -0.0423. The molecule has 0 aliphatic carbocycles. The summed E-state index contributed by atoms with van der Waals surface area (Å²) in [5.74, 6) is 1.04. The maximum absolute atomic E-state index is 4.82. The lowest BCUT2D eigenvalue weighted by Crippen LogP contribution is -2.36. The minimum absolute atomic E-state index is 0.0423. The van der Waals surface area contributed by atoms with Crippen LogP contribution in [0.5, 0.6) is 0 Å². The Kier molecular flexibility index (Phi) is 4.90. The standard InChI is InChI=1S/C23H29N3/c1-22(2,3)17-23(4,5)25-21-19(15-14-18-11-7-6-8-12-18)24-20-13-9-10-16-26(20)21/h6-16,25H,17H2,1-5H3. The monoisotopic (exact) mass is 347 g/mol. The molecule has 0 saturated carbocycles. The predicted molar refractivity (Wildman–Crippen MR) is 112 cm³/mol. The minimum Gasteiger partial charge on any atom is -0.364 e. The molecule has 0 spiro atoms. The van der Waals surface area contributed by atoms with E-state index in [-0.39, 0.29) is 11.0 Å². The predicted octanol–water partition coefficient (Wildman–Crippen LogP) is 6.13. The first kappa shape index (κ1) is 18.2.